The molecular formula is C11H14FNO. The molecule has 0 aromatic heterocycles. The highest BCUT2D eigenvalue weighted by Crippen LogP contribution is 2.19. The molecule has 1 fully saturated rings. The smallest absolute Gasteiger partial charge is 0.123 e. The second-order valence-electron chi connectivity index (χ2n) is 3.68. The Labute approximate surface area is 83.1 Å². The number of halogens is 1. The summed E-state index contributed by atoms with van der Waals surface area (Å²) in [5, 5.41) is 3.33. The van der Waals surface area contributed by atoms with Gasteiger partial charge in [0, 0.05) is 12.6 Å². The first-order chi connectivity index (χ1) is 6.75. The molecule has 0 amide bonds. The Hall–Kier alpha value is -0.930. The highest BCUT2D eigenvalue weighted by atomic mass is 19.1. The van der Waals surface area contributed by atoms with Crippen LogP contribution in [0.3, 0.4) is 0 Å². The highest BCUT2D eigenvalue weighted by Gasteiger charge is 2.19. The molecule has 3 heteroatoms. The molecule has 1 saturated heterocycles. The minimum absolute atomic E-state index is 0.0619. The van der Waals surface area contributed by atoms with E-state index in [-0.39, 0.29) is 11.9 Å². The SMILES string of the molecule is C[C@H]1COC(c2ccc(F)cc2)CN1. The Morgan fingerprint density at radius 2 is 2.07 bits per heavy atom. The average molecular weight is 195 g/mol. The Morgan fingerprint density at radius 3 is 2.64 bits per heavy atom. The van der Waals surface area contributed by atoms with Crippen molar-refractivity contribution in [3.8, 4) is 0 Å². The van der Waals surface area contributed by atoms with Gasteiger partial charge < -0.3 is 10.1 Å². The Morgan fingerprint density at radius 1 is 1.36 bits per heavy atom. The van der Waals surface area contributed by atoms with Gasteiger partial charge in [0.1, 0.15) is 5.82 Å². The van der Waals surface area contributed by atoms with Crippen LogP contribution in [0.25, 0.3) is 0 Å². The van der Waals surface area contributed by atoms with Crippen LogP contribution in [0.4, 0.5) is 4.39 Å². The molecule has 1 heterocycles. The van der Waals surface area contributed by atoms with Gasteiger partial charge in [-0.05, 0) is 24.6 Å². The molecule has 2 atom stereocenters. The van der Waals surface area contributed by atoms with Crippen molar-refractivity contribution < 1.29 is 9.13 Å². The maximum Gasteiger partial charge on any atom is 0.123 e. The maximum absolute atomic E-state index is 12.7. The van der Waals surface area contributed by atoms with Crippen molar-refractivity contribution in [2.75, 3.05) is 13.2 Å². The first-order valence-electron chi connectivity index (χ1n) is 4.86. The van der Waals surface area contributed by atoms with Crippen molar-refractivity contribution in [1.29, 1.82) is 0 Å². The standard InChI is InChI=1S/C11H14FNO/c1-8-7-14-11(6-13-8)9-2-4-10(12)5-3-9/h2-5,8,11,13H,6-7H2,1H3/t8-,11?/m0/s1. The third-order valence-corrected chi connectivity index (χ3v) is 2.44. The van der Waals surface area contributed by atoms with Crippen LogP contribution in [0.1, 0.15) is 18.6 Å². The summed E-state index contributed by atoms with van der Waals surface area (Å²) < 4.78 is 18.3. The van der Waals surface area contributed by atoms with Gasteiger partial charge in [-0.15, -0.1) is 0 Å². The molecule has 2 rings (SSSR count). The van der Waals surface area contributed by atoms with Crippen molar-refractivity contribution in [3.05, 3.63) is 35.6 Å². The zero-order valence-electron chi connectivity index (χ0n) is 8.16. The van der Waals surface area contributed by atoms with Crippen LogP contribution in [-0.2, 0) is 4.74 Å². The van der Waals surface area contributed by atoms with E-state index in [0.29, 0.717) is 12.6 Å². The third kappa shape index (κ3) is 2.11. The number of morpholine rings is 1. The van der Waals surface area contributed by atoms with Crippen molar-refractivity contribution in [3.63, 3.8) is 0 Å². The Kier molecular flexibility index (Phi) is 2.79. The normalized spacial score (nSPS) is 27.6. The van der Waals surface area contributed by atoms with E-state index in [4.69, 9.17) is 4.74 Å². The number of hydrogen-bond acceptors (Lipinski definition) is 2. The van der Waals surface area contributed by atoms with Gasteiger partial charge in [-0.3, -0.25) is 0 Å². The second-order valence-corrected chi connectivity index (χ2v) is 3.68. The summed E-state index contributed by atoms with van der Waals surface area (Å²) in [5.74, 6) is -0.203. The number of hydrogen-bond donors (Lipinski definition) is 1. The van der Waals surface area contributed by atoms with E-state index in [1.54, 1.807) is 12.1 Å². The number of ether oxygens (including phenoxy) is 1. The molecule has 1 aromatic rings. The molecule has 0 bridgehead atoms. The van der Waals surface area contributed by atoms with E-state index in [1.807, 2.05) is 0 Å². The molecule has 0 radical (unpaired) electrons. The minimum Gasteiger partial charge on any atom is -0.371 e. The zero-order chi connectivity index (χ0) is 9.97. The van der Waals surface area contributed by atoms with Crippen LogP contribution >= 0.6 is 0 Å². The summed E-state index contributed by atoms with van der Waals surface area (Å²) >= 11 is 0. The Bertz CT molecular complexity index is 291. The van der Waals surface area contributed by atoms with E-state index in [1.165, 1.54) is 12.1 Å². The maximum atomic E-state index is 12.7. The van der Waals surface area contributed by atoms with Crippen molar-refractivity contribution in [1.82, 2.24) is 5.32 Å². The summed E-state index contributed by atoms with van der Waals surface area (Å²) in [6, 6.07) is 6.90. The van der Waals surface area contributed by atoms with E-state index in [9.17, 15) is 4.39 Å². The second kappa shape index (κ2) is 4.07. The number of nitrogens with one attached hydrogen (secondary N) is 1. The fourth-order valence-corrected chi connectivity index (χ4v) is 1.58. The molecular weight excluding hydrogens is 181 g/mol. The number of benzene rings is 1. The topological polar surface area (TPSA) is 21.3 Å². The molecule has 76 valence electrons. The van der Waals surface area contributed by atoms with Gasteiger partial charge in [-0.2, -0.15) is 0 Å². The quantitative estimate of drug-likeness (QED) is 0.738. The molecule has 14 heavy (non-hydrogen) atoms. The summed E-state index contributed by atoms with van der Waals surface area (Å²) in [4.78, 5) is 0. The Balaban J connectivity index is 2.05. The predicted octanol–water partition coefficient (Wildman–Crippen LogP) is 1.88. The monoisotopic (exact) mass is 195 g/mol. The largest absolute Gasteiger partial charge is 0.371 e. The zero-order valence-corrected chi connectivity index (χ0v) is 8.16. The molecule has 0 spiro atoms. The molecule has 2 nitrogen and oxygen atoms in total. The lowest BCUT2D eigenvalue weighted by Crippen LogP contribution is -2.40. The first-order valence-corrected chi connectivity index (χ1v) is 4.86. The lowest BCUT2D eigenvalue weighted by molar-refractivity contribution is 0.00692. The fourth-order valence-electron chi connectivity index (χ4n) is 1.58. The summed E-state index contributed by atoms with van der Waals surface area (Å²) in [7, 11) is 0. The molecule has 1 aromatic carbocycles. The van der Waals surface area contributed by atoms with Gasteiger partial charge in [0.05, 0.1) is 12.7 Å². The van der Waals surface area contributed by atoms with Gasteiger partial charge in [0.15, 0.2) is 0 Å². The molecule has 1 unspecified atom stereocenters. The van der Waals surface area contributed by atoms with Gasteiger partial charge in [-0.1, -0.05) is 12.1 Å². The third-order valence-electron chi connectivity index (χ3n) is 2.44. The summed E-state index contributed by atoms with van der Waals surface area (Å²) in [6.07, 6.45) is 0.0619. The molecule has 0 saturated carbocycles. The van der Waals surface area contributed by atoms with Crippen molar-refractivity contribution >= 4 is 0 Å². The highest BCUT2D eigenvalue weighted by molar-refractivity contribution is 5.19. The summed E-state index contributed by atoms with van der Waals surface area (Å²) in [5.41, 5.74) is 1.03. The van der Waals surface area contributed by atoms with E-state index in [2.05, 4.69) is 12.2 Å². The minimum atomic E-state index is -0.203. The van der Waals surface area contributed by atoms with Gasteiger partial charge in [-0.25, -0.2) is 4.39 Å². The summed E-state index contributed by atoms with van der Waals surface area (Å²) in [6.45, 7) is 3.59. The van der Waals surface area contributed by atoms with E-state index >= 15 is 0 Å². The van der Waals surface area contributed by atoms with E-state index in [0.717, 1.165) is 12.1 Å². The van der Waals surface area contributed by atoms with E-state index < -0.39 is 0 Å². The van der Waals surface area contributed by atoms with Crippen LogP contribution in [0, 0.1) is 5.82 Å². The van der Waals surface area contributed by atoms with Crippen molar-refractivity contribution in [2.45, 2.75) is 19.1 Å². The number of rotatable bonds is 1. The lowest BCUT2D eigenvalue weighted by atomic mass is 10.1. The molecule has 1 aliphatic heterocycles. The van der Waals surface area contributed by atoms with Gasteiger partial charge in [0.2, 0.25) is 0 Å². The van der Waals surface area contributed by atoms with Crippen molar-refractivity contribution in [2.24, 2.45) is 0 Å². The van der Waals surface area contributed by atoms with Gasteiger partial charge >= 0.3 is 0 Å². The van der Waals surface area contributed by atoms with Crippen LogP contribution in [-0.4, -0.2) is 19.2 Å². The lowest BCUT2D eigenvalue weighted by Gasteiger charge is -2.28. The van der Waals surface area contributed by atoms with Crippen LogP contribution in [0.2, 0.25) is 0 Å². The fraction of sp³-hybridized carbons (Fsp3) is 0.455. The molecule has 0 aliphatic carbocycles. The van der Waals surface area contributed by atoms with Crippen LogP contribution < -0.4 is 5.32 Å². The molecule has 1 N–H and O–H groups in total. The van der Waals surface area contributed by atoms with Crippen LogP contribution in [0.15, 0.2) is 24.3 Å². The predicted molar refractivity (Wildman–Crippen MR) is 52.6 cm³/mol. The van der Waals surface area contributed by atoms with Crippen LogP contribution in [0.5, 0.6) is 0 Å². The average Bonchev–Trinajstić information content (AvgIpc) is 2.21. The first kappa shape index (κ1) is 9.62. The van der Waals surface area contributed by atoms with Gasteiger partial charge in [0.25, 0.3) is 0 Å². The molecule has 1 aliphatic rings.